The summed E-state index contributed by atoms with van der Waals surface area (Å²) in [7, 11) is 0. The molecule has 0 spiro atoms. The number of benzene rings is 1. The van der Waals surface area contributed by atoms with Crippen LogP contribution in [0.25, 0.3) is 0 Å². The van der Waals surface area contributed by atoms with E-state index in [4.69, 9.17) is 17.3 Å². The van der Waals surface area contributed by atoms with Crippen LogP contribution in [0, 0.1) is 0 Å². The largest absolute Gasteiger partial charge is 0.351 e. The molecule has 2 aromatic rings. The van der Waals surface area contributed by atoms with Gasteiger partial charge in [-0.15, -0.1) is 11.3 Å². The number of amides is 3. The lowest BCUT2D eigenvalue weighted by Crippen LogP contribution is -2.40. The minimum absolute atomic E-state index is 0.302. The molecule has 2 N–H and O–H groups in total. The Labute approximate surface area is 142 Å². The van der Waals surface area contributed by atoms with Crippen LogP contribution < -0.4 is 10.6 Å². The van der Waals surface area contributed by atoms with Gasteiger partial charge in [0, 0.05) is 14.9 Å². The summed E-state index contributed by atoms with van der Waals surface area (Å²) in [4.78, 5) is 37.9. The van der Waals surface area contributed by atoms with Crippen LogP contribution in [-0.4, -0.2) is 17.7 Å². The number of urea groups is 1. The predicted octanol–water partition coefficient (Wildman–Crippen LogP) is 3.56. The number of nitrogens with two attached hydrogens (primary N) is 1. The van der Waals surface area contributed by atoms with Crippen molar-refractivity contribution in [1.29, 1.82) is 0 Å². The molecule has 1 aliphatic rings. The highest BCUT2D eigenvalue weighted by Crippen LogP contribution is 2.41. The number of fused-ring (bicyclic) bond motifs is 1. The van der Waals surface area contributed by atoms with Crippen LogP contribution >= 0.6 is 38.9 Å². The fourth-order valence-electron chi connectivity index (χ4n) is 2.41. The van der Waals surface area contributed by atoms with Gasteiger partial charge in [-0.25, -0.2) is 9.69 Å². The Balaban J connectivity index is 2.12. The smallest absolute Gasteiger partial charge is 0.326 e. The summed E-state index contributed by atoms with van der Waals surface area (Å²) in [5.74, 6) is -2.14. The Morgan fingerprint density at radius 2 is 2.05 bits per heavy atom. The molecule has 1 aromatic carbocycles. The number of anilines is 1. The lowest BCUT2D eigenvalue weighted by atomic mass is 9.95. The summed E-state index contributed by atoms with van der Waals surface area (Å²) in [5, 5.41) is 2.13. The van der Waals surface area contributed by atoms with Crippen molar-refractivity contribution in [2.75, 3.05) is 4.90 Å². The zero-order valence-corrected chi connectivity index (χ0v) is 14.0. The highest BCUT2D eigenvalue weighted by Gasteiger charge is 2.44. The van der Waals surface area contributed by atoms with E-state index in [1.165, 1.54) is 29.5 Å². The van der Waals surface area contributed by atoms with E-state index in [1.54, 1.807) is 11.4 Å². The average molecular weight is 400 g/mol. The Morgan fingerprint density at radius 1 is 1.32 bits per heavy atom. The third-order valence-corrected chi connectivity index (χ3v) is 5.24. The van der Waals surface area contributed by atoms with Crippen LogP contribution in [0.1, 0.15) is 21.2 Å². The van der Waals surface area contributed by atoms with Gasteiger partial charge in [0.05, 0.1) is 10.6 Å². The molecule has 0 saturated heterocycles. The molecular formula is C14H8BrClN2O3S. The highest BCUT2D eigenvalue weighted by molar-refractivity contribution is 9.10. The van der Waals surface area contributed by atoms with Crippen molar-refractivity contribution in [2.45, 2.75) is 5.92 Å². The maximum Gasteiger partial charge on any atom is 0.326 e. The molecule has 2 heterocycles. The summed E-state index contributed by atoms with van der Waals surface area (Å²) < 4.78 is 0.754. The third-order valence-electron chi connectivity index (χ3n) is 3.30. The first kappa shape index (κ1) is 15.2. The van der Waals surface area contributed by atoms with E-state index in [1.807, 2.05) is 0 Å². The fourth-order valence-corrected chi connectivity index (χ4v) is 3.98. The molecule has 1 unspecified atom stereocenters. The number of nitrogens with zero attached hydrogens (tertiary/aromatic N) is 1. The standard InChI is InChI=1S/C14H8BrClN2O3S/c15-6-3-10(22-5-6)12(19)11-8-4-7(16)1-2-9(8)18(13(11)20)14(17)21/h1-5,11H,(H2,17,21). The van der Waals surface area contributed by atoms with Gasteiger partial charge in [0.1, 0.15) is 5.92 Å². The number of Topliss-reactive ketones (excluding diaryl/α,β-unsaturated/α-hetero) is 1. The summed E-state index contributed by atoms with van der Waals surface area (Å²) in [5.41, 5.74) is 5.96. The first-order chi connectivity index (χ1) is 10.4. The van der Waals surface area contributed by atoms with E-state index in [-0.39, 0.29) is 5.78 Å². The molecule has 1 atom stereocenters. The number of imide groups is 1. The van der Waals surface area contributed by atoms with Crippen molar-refractivity contribution in [2.24, 2.45) is 5.73 Å². The number of carbonyl (C=O) groups is 3. The van der Waals surface area contributed by atoms with Crippen LogP contribution in [0.15, 0.2) is 34.1 Å². The lowest BCUT2D eigenvalue weighted by Gasteiger charge is -2.12. The van der Waals surface area contributed by atoms with Gasteiger partial charge in [-0.2, -0.15) is 0 Å². The Hall–Kier alpha value is -1.70. The average Bonchev–Trinajstić information content (AvgIpc) is 2.98. The zero-order valence-electron chi connectivity index (χ0n) is 10.9. The van der Waals surface area contributed by atoms with Crippen LogP contribution in [0.5, 0.6) is 0 Å². The maximum atomic E-state index is 12.7. The number of hydrogen-bond donors (Lipinski definition) is 1. The van der Waals surface area contributed by atoms with E-state index in [2.05, 4.69) is 15.9 Å². The lowest BCUT2D eigenvalue weighted by molar-refractivity contribution is -0.117. The van der Waals surface area contributed by atoms with Gasteiger partial charge in [0.2, 0.25) is 0 Å². The van der Waals surface area contributed by atoms with Crippen molar-refractivity contribution in [3.8, 4) is 0 Å². The minimum Gasteiger partial charge on any atom is -0.351 e. The van der Waals surface area contributed by atoms with Crippen LogP contribution in [0.3, 0.4) is 0 Å². The van der Waals surface area contributed by atoms with Gasteiger partial charge < -0.3 is 5.73 Å². The number of halogens is 2. The first-order valence-electron chi connectivity index (χ1n) is 6.11. The Bertz CT molecular complexity index is 820. The molecule has 0 saturated carbocycles. The van der Waals surface area contributed by atoms with E-state index in [9.17, 15) is 14.4 Å². The molecule has 0 aliphatic carbocycles. The van der Waals surface area contributed by atoms with E-state index < -0.39 is 17.9 Å². The second kappa shape index (κ2) is 5.49. The minimum atomic E-state index is -1.10. The Kier molecular flexibility index (Phi) is 3.80. The normalized spacial score (nSPS) is 16.7. The quantitative estimate of drug-likeness (QED) is 0.619. The van der Waals surface area contributed by atoms with Crippen LogP contribution in [0.2, 0.25) is 5.02 Å². The van der Waals surface area contributed by atoms with E-state index in [0.29, 0.717) is 21.2 Å². The fraction of sp³-hybridized carbons (Fsp3) is 0.0714. The maximum absolute atomic E-state index is 12.7. The van der Waals surface area contributed by atoms with Crippen molar-refractivity contribution < 1.29 is 14.4 Å². The van der Waals surface area contributed by atoms with Gasteiger partial charge in [-0.3, -0.25) is 9.59 Å². The molecule has 112 valence electrons. The molecule has 1 aliphatic heterocycles. The zero-order chi connectivity index (χ0) is 16.0. The van der Waals surface area contributed by atoms with Gasteiger partial charge in [-0.05, 0) is 45.8 Å². The third kappa shape index (κ3) is 2.35. The molecule has 0 radical (unpaired) electrons. The second-order valence-corrected chi connectivity index (χ2v) is 6.90. The van der Waals surface area contributed by atoms with Gasteiger partial charge >= 0.3 is 6.03 Å². The highest BCUT2D eigenvalue weighted by atomic mass is 79.9. The predicted molar refractivity (Wildman–Crippen MR) is 87.6 cm³/mol. The molecule has 22 heavy (non-hydrogen) atoms. The number of rotatable bonds is 2. The number of hydrogen-bond acceptors (Lipinski definition) is 4. The monoisotopic (exact) mass is 398 g/mol. The van der Waals surface area contributed by atoms with Crippen molar-refractivity contribution >= 4 is 62.3 Å². The van der Waals surface area contributed by atoms with Gasteiger partial charge in [-0.1, -0.05) is 11.6 Å². The number of carbonyl (C=O) groups excluding carboxylic acids is 3. The molecule has 0 bridgehead atoms. The van der Waals surface area contributed by atoms with E-state index >= 15 is 0 Å². The van der Waals surface area contributed by atoms with Crippen molar-refractivity contribution in [1.82, 2.24) is 0 Å². The number of primary amides is 1. The molecule has 5 nitrogen and oxygen atoms in total. The van der Waals surface area contributed by atoms with Crippen LogP contribution in [-0.2, 0) is 4.79 Å². The topological polar surface area (TPSA) is 80.5 Å². The molecule has 3 amide bonds. The van der Waals surface area contributed by atoms with Crippen LogP contribution in [0.4, 0.5) is 10.5 Å². The van der Waals surface area contributed by atoms with Gasteiger partial charge in [0.15, 0.2) is 5.78 Å². The summed E-state index contributed by atoms with van der Waals surface area (Å²) >= 11 is 10.4. The molecular weight excluding hydrogens is 392 g/mol. The number of ketones is 1. The van der Waals surface area contributed by atoms with E-state index in [0.717, 1.165) is 9.37 Å². The first-order valence-corrected chi connectivity index (χ1v) is 8.16. The molecule has 0 fully saturated rings. The molecule has 1 aromatic heterocycles. The molecule has 8 heteroatoms. The van der Waals surface area contributed by atoms with Crippen molar-refractivity contribution in [3.63, 3.8) is 0 Å². The summed E-state index contributed by atoms with van der Waals surface area (Å²) in [6.07, 6.45) is 0. The summed E-state index contributed by atoms with van der Waals surface area (Å²) in [6.45, 7) is 0. The molecule has 3 rings (SSSR count). The van der Waals surface area contributed by atoms with Gasteiger partial charge in [0.25, 0.3) is 5.91 Å². The second-order valence-electron chi connectivity index (χ2n) is 4.64. The summed E-state index contributed by atoms with van der Waals surface area (Å²) in [6, 6.07) is 5.28. The van der Waals surface area contributed by atoms with Crippen molar-refractivity contribution in [3.05, 3.63) is 49.6 Å². The SMILES string of the molecule is NC(=O)N1C(=O)C(C(=O)c2cc(Br)cs2)c2cc(Cl)ccc21. The number of thiophene rings is 1. The Morgan fingerprint density at radius 3 is 2.64 bits per heavy atom.